The Morgan fingerprint density at radius 2 is 2.16 bits per heavy atom. The molecule has 0 unspecified atom stereocenters. The van der Waals surface area contributed by atoms with E-state index in [1.807, 2.05) is 14.1 Å². The van der Waals surface area contributed by atoms with Crippen LogP contribution >= 0.6 is 0 Å². The third-order valence-corrected chi connectivity index (χ3v) is 2.82. The molecule has 0 amide bonds. The number of nitrogens with one attached hydrogen (secondary N) is 1. The summed E-state index contributed by atoms with van der Waals surface area (Å²) >= 11 is 0. The first kappa shape index (κ1) is 13.2. The van der Waals surface area contributed by atoms with Crippen molar-refractivity contribution in [3.8, 4) is 0 Å². The molecule has 0 fully saturated rings. The van der Waals surface area contributed by atoms with Gasteiger partial charge in [0.2, 0.25) is 0 Å². The predicted octanol–water partition coefficient (Wildman–Crippen LogP) is 2.12. The molecular weight excluding hydrogens is 244 g/mol. The van der Waals surface area contributed by atoms with Crippen molar-refractivity contribution in [2.75, 3.05) is 32.5 Å². The highest BCUT2D eigenvalue weighted by Gasteiger charge is 2.14. The Balaban J connectivity index is 2.36. The van der Waals surface area contributed by atoms with Crippen molar-refractivity contribution >= 4 is 22.3 Å². The van der Waals surface area contributed by atoms with E-state index in [0.717, 1.165) is 18.8 Å². The van der Waals surface area contributed by atoms with E-state index in [-0.39, 0.29) is 10.6 Å². The van der Waals surface area contributed by atoms with E-state index in [2.05, 4.69) is 15.2 Å². The summed E-state index contributed by atoms with van der Waals surface area (Å²) < 4.78 is 0. The molecule has 1 aromatic carbocycles. The van der Waals surface area contributed by atoms with Crippen LogP contribution in [0.5, 0.6) is 0 Å². The Kier molecular flexibility index (Phi) is 3.91. The van der Waals surface area contributed by atoms with Gasteiger partial charge in [-0.3, -0.25) is 15.1 Å². The van der Waals surface area contributed by atoms with E-state index < -0.39 is 0 Å². The van der Waals surface area contributed by atoms with Crippen LogP contribution < -0.4 is 5.32 Å². The van der Waals surface area contributed by atoms with Gasteiger partial charge in [0.05, 0.1) is 16.0 Å². The molecule has 1 N–H and O–H groups in total. The number of nitro groups is 1. The van der Waals surface area contributed by atoms with Gasteiger partial charge in [-0.25, -0.2) is 0 Å². The van der Waals surface area contributed by atoms with Crippen molar-refractivity contribution in [1.29, 1.82) is 0 Å². The van der Waals surface area contributed by atoms with Crippen molar-refractivity contribution in [3.63, 3.8) is 0 Å². The number of hydrogen-bond acceptors (Lipinski definition) is 5. The third kappa shape index (κ3) is 2.97. The van der Waals surface area contributed by atoms with E-state index in [9.17, 15) is 10.1 Å². The van der Waals surface area contributed by atoms with Crippen molar-refractivity contribution < 1.29 is 4.92 Å². The van der Waals surface area contributed by atoms with E-state index >= 15 is 0 Å². The topological polar surface area (TPSA) is 71.3 Å². The second-order valence-corrected chi connectivity index (χ2v) is 4.52. The summed E-state index contributed by atoms with van der Waals surface area (Å²) in [5.41, 5.74) is 1.54. The molecule has 0 saturated carbocycles. The molecule has 1 aromatic heterocycles. The van der Waals surface area contributed by atoms with Crippen LogP contribution in [0.25, 0.3) is 10.9 Å². The minimum absolute atomic E-state index is 0.0845. The van der Waals surface area contributed by atoms with Crippen LogP contribution in [0, 0.1) is 10.1 Å². The highest BCUT2D eigenvalue weighted by Crippen LogP contribution is 2.29. The summed E-state index contributed by atoms with van der Waals surface area (Å²) in [6, 6.07) is 6.65. The van der Waals surface area contributed by atoms with Crippen LogP contribution in [0.3, 0.4) is 0 Å². The Labute approximate surface area is 111 Å². The van der Waals surface area contributed by atoms with E-state index in [1.54, 1.807) is 24.4 Å². The Morgan fingerprint density at radius 3 is 2.84 bits per heavy atom. The largest absolute Gasteiger partial charge is 0.382 e. The maximum atomic E-state index is 11.0. The fourth-order valence-corrected chi connectivity index (χ4v) is 1.87. The van der Waals surface area contributed by atoms with Gasteiger partial charge < -0.3 is 10.2 Å². The van der Waals surface area contributed by atoms with Gasteiger partial charge in [-0.1, -0.05) is 0 Å². The molecule has 2 rings (SSSR count). The van der Waals surface area contributed by atoms with Crippen LogP contribution in [0.4, 0.5) is 11.4 Å². The third-order valence-electron chi connectivity index (χ3n) is 2.82. The molecule has 6 heteroatoms. The zero-order valence-corrected chi connectivity index (χ0v) is 11.0. The number of hydrogen-bond donors (Lipinski definition) is 1. The summed E-state index contributed by atoms with van der Waals surface area (Å²) in [5, 5.41) is 14.8. The summed E-state index contributed by atoms with van der Waals surface area (Å²) in [6.45, 7) is 1.64. The lowest BCUT2D eigenvalue weighted by atomic mass is 10.1. The van der Waals surface area contributed by atoms with Crippen molar-refractivity contribution in [3.05, 3.63) is 40.6 Å². The van der Waals surface area contributed by atoms with Crippen LogP contribution in [-0.2, 0) is 0 Å². The lowest BCUT2D eigenvalue weighted by molar-refractivity contribution is -0.383. The first-order valence-electron chi connectivity index (χ1n) is 6.00. The summed E-state index contributed by atoms with van der Waals surface area (Å²) in [4.78, 5) is 16.9. The molecule has 1 heterocycles. The number of non-ortho nitro benzene ring substituents is 1. The van der Waals surface area contributed by atoms with Gasteiger partial charge in [0.25, 0.3) is 5.69 Å². The minimum atomic E-state index is -0.381. The number of likely N-dealkylation sites (N-methyl/N-ethyl adjacent to an activating group) is 1. The average Bonchev–Trinajstić information content (AvgIpc) is 2.38. The number of nitro benzene ring substituents is 1. The molecule has 100 valence electrons. The molecule has 0 aliphatic heterocycles. The quantitative estimate of drug-likeness (QED) is 0.658. The zero-order chi connectivity index (χ0) is 13.8. The number of anilines is 1. The van der Waals surface area contributed by atoms with Crippen molar-refractivity contribution in [2.45, 2.75) is 0 Å². The number of nitrogens with zero attached hydrogens (tertiary/aromatic N) is 3. The van der Waals surface area contributed by atoms with E-state index in [0.29, 0.717) is 10.9 Å². The lowest BCUT2D eigenvalue weighted by Gasteiger charge is -2.12. The van der Waals surface area contributed by atoms with Crippen molar-refractivity contribution in [1.82, 2.24) is 9.88 Å². The van der Waals surface area contributed by atoms with E-state index in [4.69, 9.17) is 0 Å². The highest BCUT2D eigenvalue weighted by molar-refractivity contribution is 5.96. The second kappa shape index (κ2) is 5.62. The number of benzene rings is 1. The van der Waals surface area contributed by atoms with Gasteiger partial charge in [-0.2, -0.15) is 0 Å². The molecule has 0 atom stereocenters. The zero-order valence-electron chi connectivity index (χ0n) is 11.0. The number of fused-ring (bicyclic) bond motifs is 1. The molecule has 0 spiro atoms. The van der Waals surface area contributed by atoms with Gasteiger partial charge in [0.1, 0.15) is 5.52 Å². The van der Waals surface area contributed by atoms with E-state index in [1.165, 1.54) is 6.07 Å². The Bertz CT molecular complexity index is 598. The smallest absolute Gasteiger partial charge is 0.278 e. The van der Waals surface area contributed by atoms with Gasteiger partial charge in [-0.05, 0) is 32.3 Å². The lowest BCUT2D eigenvalue weighted by Crippen LogP contribution is -2.20. The standard InChI is InChI=1S/C13H16N4O2/c1-16(2)9-8-14-11-5-6-12(17(18)19)10-4-3-7-15-13(10)11/h3-7,14H,8-9H2,1-2H3. The minimum Gasteiger partial charge on any atom is -0.382 e. The van der Waals surface area contributed by atoms with Gasteiger partial charge in [-0.15, -0.1) is 0 Å². The Morgan fingerprint density at radius 1 is 1.37 bits per heavy atom. The Hall–Kier alpha value is -2.21. The summed E-state index contributed by atoms with van der Waals surface area (Å²) in [5.74, 6) is 0. The highest BCUT2D eigenvalue weighted by atomic mass is 16.6. The normalized spacial score (nSPS) is 10.9. The molecule has 6 nitrogen and oxygen atoms in total. The van der Waals surface area contributed by atoms with Crippen LogP contribution in [-0.4, -0.2) is 42.0 Å². The first-order valence-corrected chi connectivity index (χ1v) is 6.00. The van der Waals surface area contributed by atoms with Crippen molar-refractivity contribution in [2.24, 2.45) is 0 Å². The number of aromatic nitrogens is 1. The van der Waals surface area contributed by atoms with Gasteiger partial charge in [0, 0.05) is 25.4 Å². The molecular formula is C13H16N4O2. The van der Waals surface area contributed by atoms with Crippen LogP contribution in [0.1, 0.15) is 0 Å². The molecule has 0 saturated heterocycles. The number of pyridine rings is 1. The first-order chi connectivity index (χ1) is 9.09. The van der Waals surface area contributed by atoms with Gasteiger partial charge in [0.15, 0.2) is 0 Å². The summed E-state index contributed by atoms with van der Waals surface area (Å²) in [7, 11) is 3.99. The molecule has 0 aliphatic rings. The maximum absolute atomic E-state index is 11.0. The molecule has 0 bridgehead atoms. The van der Waals surface area contributed by atoms with Gasteiger partial charge >= 0.3 is 0 Å². The maximum Gasteiger partial charge on any atom is 0.278 e. The second-order valence-electron chi connectivity index (χ2n) is 4.52. The van der Waals surface area contributed by atoms with Crippen LogP contribution in [0.15, 0.2) is 30.5 Å². The SMILES string of the molecule is CN(C)CCNc1ccc([N+](=O)[O-])c2cccnc12. The summed E-state index contributed by atoms with van der Waals surface area (Å²) in [6.07, 6.45) is 1.64. The monoisotopic (exact) mass is 260 g/mol. The fourth-order valence-electron chi connectivity index (χ4n) is 1.87. The molecule has 0 aliphatic carbocycles. The predicted molar refractivity (Wildman–Crippen MR) is 75.4 cm³/mol. The number of rotatable bonds is 5. The molecule has 2 aromatic rings. The van der Waals surface area contributed by atoms with Crippen LogP contribution in [0.2, 0.25) is 0 Å². The fraction of sp³-hybridized carbons (Fsp3) is 0.308. The molecule has 19 heavy (non-hydrogen) atoms. The molecule has 0 radical (unpaired) electrons. The average molecular weight is 260 g/mol.